The van der Waals surface area contributed by atoms with Gasteiger partial charge < -0.3 is 0 Å². The van der Waals surface area contributed by atoms with Gasteiger partial charge in [-0.05, 0) is 12.5 Å². The molecular formula is C9H19Si. The molecule has 0 N–H and O–H groups in total. The van der Waals surface area contributed by atoms with Gasteiger partial charge in [-0.2, -0.15) is 0 Å². The fraction of sp³-hybridized carbons (Fsp3) is 0.667. The molecule has 0 saturated carbocycles. The third-order valence-electron chi connectivity index (χ3n) is 1.19. The van der Waals surface area contributed by atoms with E-state index in [1.165, 1.54) is 12.8 Å². The van der Waals surface area contributed by atoms with Gasteiger partial charge >= 0.3 is 0 Å². The van der Waals surface area contributed by atoms with Crippen LogP contribution < -0.4 is 0 Å². The Labute approximate surface area is 66.4 Å². The molecule has 59 valence electrons. The van der Waals surface area contributed by atoms with Crippen molar-refractivity contribution in [3.8, 4) is 0 Å². The number of hydrogen-bond donors (Lipinski definition) is 0. The molecule has 0 spiro atoms. The first-order valence-electron chi connectivity index (χ1n) is 4.07. The van der Waals surface area contributed by atoms with Crippen molar-refractivity contribution in [3.05, 3.63) is 18.2 Å². The molecule has 0 aliphatic rings. The highest BCUT2D eigenvalue weighted by molar-refractivity contribution is 6.80. The molecule has 0 saturated heterocycles. The lowest BCUT2D eigenvalue weighted by molar-refractivity contribution is 0.958. The van der Waals surface area contributed by atoms with E-state index in [1.807, 2.05) is 0 Å². The molecule has 0 bridgehead atoms. The quantitative estimate of drug-likeness (QED) is 0.546. The Bertz CT molecular complexity index is 97.8. The van der Waals surface area contributed by atoms with Crippen LogP contribution in [0, 0.1) is 6.04 Å². The van der Waals surface area contributed by atoms with Gasteiger partial charge in [0.25, 0.3) is 0 Å². The predicted octanol–water partition coefficient (Wildman–Crippen LogP) is 3.42. The summed E-state index contributed by atoms with van der Waals surface area (Å²) in [5.41, 5.74) is 0. The molecule has 0 nitrogen and oxygen atoms in total. The van der Waals surface area contributed by atoms with Crippen LogP contribution in [0.25, 0.3) is 0 Å². The second-order valence-corrected chi connectivity index (χ2v) is 8.81. The maximum absolute atomic E-state index is 2.38. The highest BCUT2D eigenvalue weighted by atomic mass is 28.3. The largest absolute Gasteiger partial charge is 0.0885 e. The molecule has 0 unspecified atom stereocenters. The Morgan fingerprint density at radius 2 is 1.80 bits per heavy atom. The summed E-state index contributed by atoms with van der Waals surface area (Å²) in [7, 11) is -0.919. The van der Waals surface area contributed by atoms with E-state index in [0.29, 0.717) is 0 Å². The van der Waals surface area contributed by atoms with Gasteiger partial charge in [-0.1, -0.05) is 45.1 Å². The van der Waals surface area contributed by atoms with Crippen molar-refractivity contribution in [2.45, 2.75) is 39.4 Å². The first kappa shape index (κ1) is 9.96. The molecule has 0 amide bonds. The van der Waals surface area contributed by atoms with Crippen molar-refractivity contribution in [1.29, 1.82) is 0 Å². The molecular weight excluding hydrogens is 136 g/mol. The van der Waals surface area contributed by atoms with Crippen LogP contribution >= 0.6 is 0 Å². The monoisotopic (exact) mass is 155 g/mol. The van der Waals surface area contributed by atoms with Gasteiger partial charge in [-0.15, -0.1) is 0 Å². The average Bonchev–Trinajstić information content (AvgIpc) is 1.78. The summed E-state index contributed by atoms with van der Waals surface area (Å²) in [5, 5.41) is 0. The van der Waals surface area contributed by atoms with E-state index in [9.17, 15) is 0 Å². The smallest absolute Gasteiger partial charge is 0.0517 e. The molecule has 0 atom stereocenters. The minimum Gasteiger partial charge on any atom is -0.0885 e. The van der Waals surface area contributed by atoms with E-state index >= 15 is 0 Å². The van der Waals surface area contributed by atoms with Gasteiger partial charge in [-0.25, -0.2) is 0 Å². The molecule has 10 heavy (non-hydrogen) atoms. The van der Waals surface area contributed by atoms with Gasteiger partial charge in [0.2, 0.25) is 0 Å². The Balaban J connectivity index is 3.34. The molecule has 0 aromatic rings. The van der Waals surface area contributed by atoms with E-state index in [0.717, 1.165) is 0 Å². The summed E-state index contributed by atoms with van der Waals surface area (Å²) >= 11 is 0. The van der Waals surface area contributed by atoms with E-state index in [-0.39, 0.29) is 0 Å². The number of rotatable bonds is 4. The average molecular weight is 155 g/mol. The Hall–Kier alpha value is -0.0431. The van der Waals surface area contributed by atoms with Gasteiger partial charge in [0.15, 0.2) is 0 Å². The second kappa shape index (κ2) is 4.72. The van der Waals surface area contributed by atoms with E-state index < -0.39 is 8.07 Å². The molecule has 0 aliphatic carbocycles. The predicted molar refractivity (Wildman–Crippen MR) is 51.7 cm³/mol. The lowest BCUT2D eigenvalue weighted by Gasteiger charge is -2.10. The summed E-state index contributed by atoms with van der Waals surface area (Å²) in [6.07, 6.45) is 6.98. The SMILES string of the molecule is CCC/C=C/[CH][Si](C)(C)C. The molecule has 0 aromatic carbocycles. The lowest BCUT2D eigenvalue weighted by Crippen LogP contribution is -2.19. The van der Waals surface area contributed by atoms with Crippen molar-refractivity contribution in [1.82, 2.24) is 0 Å². The first-order chi connectivity index (χ1) is 4.56. The standard InChI is InChI=1S/C9H19Si/c1-5-6-7-8-9-10(2,3)4/h7-9H,5-6H2,1-4H3/b8-7+. The van der Waals surface area contributed by atoms with Crippen LogP contribution in [0.15, 0.2) is 12.2 Å². The fourth-order valence-corrected chi connectivity index (χ4v) is 1.33. The first-order valence-corrected chi connectivity index (χ1v) is 7.65. The van der Waals surface area contributed by atoms with Crippen LogP contribution in [-0.4, -0.2) is 8.07 Å². The van der Waals surface area contributed by atoms with Gasteiger partial charge in [0.05, 0.1) is 8.07 Å². The molecule has 0 fully saturated rings. The minimum absolute atomic E-state index is 0.919. The highest BCUT2D eigenvalue weighted by Crippen LogP contribution is 2.05. The molecule has 0 aliphatic heterocycles. The minimum atomic E-state index is -0.919. The highest BCUT2D eigenvalue weighted by Gasteiger charge is 2.09. The Morgan fingerprint density at radius 3 is 2.20 bits per heavy atom. The van der Waals surface area contributed by atoms with Crippen LogP contribution in [0.1, 0.15) is 19.8 Å². The Kier molecular flexibility index (Phi) is 4.70. The van der Waals surface area contributed by atoms with Crippen molar-refractivity contribution in [2.24, 2.45) is 0 Å². The molecule has 0 aromatic heterocycles. The topological polar surface area (TPSA) is 0 Å². The van der Waals surface area contributed by atoms with Crippen molar-refractivity contribution < 1.29 is 0 Å². The van der Waals surface area contributed by atoms with E-state index in [1.54, 1.807) is 0 Å². The van der Waals surface area contributed by atoms with Gasteiger partial charge in [0, 0.05) is 0 Å². The van der Waals surface area contributed by atoms with Crippen LogP contribution in [-0.2, 0) is 0 Å². The third kappa shape index (κ3) is 7.96. The number of unbranched alkanes of at least 4 members (excludes halogenated alkanes) is 1. The van der Waals surface area contributed by atoms with Crippen molar-refractivity contribution >= 4 is 8.07 Å². The zero-order chi connectivity index (χ0) is 8.04. The molecule has 1 heteroatoms. The van der Waals surface area contributed by atoms with Gasteiger partial charge in [0.1, 0.15) is 0 Å². The Morgan fingerprint density at radius 1 is 1.20 bits per heavy atom. The van der Waals surface area contributed by atoms with Crippen LogP contribution in [0.3, 0.4) is 0 Å². The van der Waals surface area contributed by atoms with E-state index in [2.05, 4.69) is 44.8 Å². The summed E-state index contributed by atoms with van der Waals surface area (Å²) in [6.45, 7) is 9.26. The normalized spacial score (nSPS) is 12.8. The number of allylic oxidation sites excluding steroid dienone is 2. The molecule has 0 rings (SSSR count). The summed E-state index contributed by atoms with van der Waals surface area (Å²) in [4.78, 5) is 0. The zero-order valence-corrected chi connectivity index (χ0v) is 8.65. The maximum Gasteiger partial charge on any atom is 0.0517 e. The van der Waals surface area contributed by atoms with Crippen LogP contribution in [0.4, 0.5) is 0 Å². The lowest BCUT2D eigenvalue weighted by atomic mass is 10.3. The molecule has 1 radical (unpaired) electrons. The summed E-state index contributed by atoms with van der Waals surface area (Å²) in [5.74, 6) is 0. The van der Waals surface area contributed by atoms with E-state index in [4.69, 9.17) is 0 Å². The molecule has 0 heterocycles. The summed E-state index contributed by atoms with van der Waals surface area (Å²) in [6, 6.07) is 2.38. The fourth-order valence-electron chi connectivity index (χ4n) is 0.620. The second-order valence-electron chi connectivity index (χ2n) is 3.75. The zero-order valence-electron chi connectivity index (χ0n) is 7.65. The van der Waals surface area contributed by atoms with Crippen molar-refractivity contribution in [2.75, 3.05) is 0 Å². The van der Waals surface area contributed by atoms with Crippen molar-refractivity contribution in [3.63, 3.8) is 0 Å². The van der Waals surface area contributed by atoms with Crippen LogP contribution in [0.5, 0.6) is 0 Å². The third-order valence-corrected chi connectivity index (χ3v) is 2.38. The maximum atomic E-state index is 2.38. The van der Waals surface area contributed by atoms with Gasteiger partial charge in [-0.3, -0.25) is 0 Å². The van der Waals surface area contributed by atoms with Crippen LogP contribution in [0.2, 0.25) is 19.6 Å². The number of hydrogen-bond acceptors (Lipinski definition) is 0. The summed E-state index contributed by atoms with van der Waals surface area (Å²) < 4.78 is 0.